The SMILES string of the molecule is CC[C@H](C)[C@H](NC(=O)[C@H](Cc1ccc(O)cc1)NC(=O)[C@H](CS)NC(=O)[C@@H]1CCCN1C(=O)[C@@H](NC(=O)CNC(=O)CNC(=O)CCCC[C@@H]1SC[C@@H]2NC(=O)N[C@@H]21)[C@@H](C)O)C(=O)N[C@@H](COP(=O)(O)O)C(=O)N1CCC[C@H]1C(=O)N[C@@H](CCC(=O)O)C(=O)N[C@@H](CC(C)C)C(=O)N[C@@H](CS)C(=O)N[C@@H](CCC(=O)O)C(N)=O. The molecule has 113 heavy (non-hydrogen) atoms. The second-order valence-corrected chi connectivity index (χ2v) is 31.5. The first-order valence-corrected chi connectivity index (χ1v) is 40.7. The molecule has 4 heterocycles. The van der Waals surface area contributed by atoms with E-state index in [2.05, 4.69) is 94.4 Å². The van der Waals surface area contributed by atoms with Gasteiger partial charge in [-0.2, -0.15) is 37.0 Å². The number of benzene rings is 1. The number of nitrogens with one attached hydrogen (secondary N) is 13. The molecule has 4 aliphatic rings. The number of rotatable bonds is 47. The van der Waals surface area contributed by atoms with Gasteiger partial charge >= 0.3 is 25.8 Å². The van der Waals surface area contributed by atoms with Crippen molar-refractivity contribution in [2.75, 3.05) is 50.0 Å². The lowest BCUT2D eigenvalue weighted by molar-refractivity contribution is -0.144. The Morgan fingerprint density at radius 3 is 1.67 bits per heavy atom. The Hall–Kier alpha value is -9.07. The highest BCUT2D eigenvalue weighted by Crippen LogP contribution is 2.36. The Balaban J connectivity index is 1.26. The molecule has 0 aromatic heterocycles. The molecule has 1 aromatic carbocycles. The highest BCUT2D eigenvalue weighted by atomic mass is 32.2. The Morgan fingerprint density at radius 2 is 1.12 bits per heavy atom. The van der Waals surface area contributed by atoms with Gasteiger partial charge in [0.25, 0.3) is 0 Å². The summed E-state index contributed by atoms with van der Waals surface area (Å²) >= 11 is 10.2. The summed E-state index contributed by atoms with van der Waals surface area (Å²) in [6, 6.07) is -12.3. The molecule has 630 valence electrons. The number of primary amides is 1. The molecule has 4 aliphatic heterocycles. The standard InChI is InChI=1S/C68H105N16O25PS3/c1-6-34(4)54(65(102)76-42(29-109-110(106,107)108)66(103)83-23-9-11-46(83)63(100)73-39(20-22-53(92)93)58(95)74-40(25-33(2)3)59(96)77-43(30-111)61(98)72-38(57(69)94)19-21-52(90)91)81-60(97)41(26-36-15-17-37(86)18-16-36)75-62(99)44(31-112)78-64(101)47-12-10-24-84(47)67(104)55(35(5)85)80-51(89)28-71-50(88)27-70-49(87)14-8-7-13-48-56-45(32-113-48)79-68(105)82-56/h15-18,33-35,38-48,54-56,85-86,111-112H,6-14,19-32H2,1-5H3,(H2,69,94)(H,70,87)(H,71,88)(H,72,98)(H,73,100)(H,74,95)(H,75,99)(H,76,102)(H,77,96)(H,78,101)(H,80,89)(H,81,97)(H,90,91)(H,92,93)(H2,79,82,105)(H2,106,107,108)/t34-,35+,38-,39-,40-,41-,42-,43-,44-,45-,46-,47-,48-,54-,55-,56-/m0/s1. The molecule has 0 radical (unpaired) electrons. The number of phosphoric acid groups is 1. The van der Waals surface area contributed by atoms with Crippen molar-refractivity contribution in [3.63, 3.8) is 0 Å². The average molecular weight is 1670 g/mol. The van der Waals surface area contributed by atoms with Gasteiger partial charge in [0.05, 0.1) is 37.9 Å². The monoisotopic (exact) mass is 1670 g/mol. The predicted octanol–water partition coefficient (Wildman–Crippen LogP) is -5.11. The number of carbonyl (C=O) groups is 17. The van der Waals surface area contributed by atoms with Crippen molar-refractivity contribution in [1.29, 1.82) is 0 Å². The average Bonchev–Trinajstić information content (AvgIpc) is 1.70. The molecule has 0 bridgehead atoms. The number of aliphatic hydroxyl groups is 1. The number of urea groups is 1. The number of aliphatic carboxylic acids is 2. The summed E-state index contributed by atoms with van der Waals surface area (Å²) in [5, 5.41) is 72.4. The molecule has 45 heteroatoms. The summed E-state index contributed by atoms with van der Waals surface area (Å²) < 4.78 is 17.0. The lowest BCUT2D eigenvalue weighted by Crippen LogP contribution is -2.62. The number of unbranched alkanes of at least 4 members (excludes halogenated alkanes) is 1. The Bertz CT molecular complexity index is 3640. The summed E-state index contributed by atoms with van der Waals surface area (Å²) in [6.45, 7) is 4.94. The zero-order valence-electron chi connectivity index (χ0n) is 63.0. The number of carboxylic acids is 2. The van der Waals surface area contributed by atoms with Crippen LogP contribution in [0.15, 0.2) is 24.3 Å². The summed E-state index contributed by atoms with van der Waals surface area (Å²) in [5.74, 6) is -17.6. The highest BCUT2D eigenvalue weighted by Gasteiger charge is 2.46. The van der Waals surface area contributed by atoms with Crippen LogP contribution in [0.3, 0.4) is 0 Å². The molecule has 0 saturated carbocycles. The minimum absolute atomic E-state index is 0.0257. The van der Waals surface area contributed by atoms with Crippen LogP contribution < -0.4 is 74.9 Å². The Kier molecular flexibility index (Phi) is 38.2. The number of aromatic hydroxyl groups is 1. The zero-order valence-corrected chi connectivity index (χ0v) is 66.5. The number of phenols is 1. The van der Waals surface area contributed by atoms with Crippen LogP contribution in [0.4, 0.5) is 4.79 Å². The predicted molar refractivity (Wildman–Crippen MR) is 408 cm³/mol. The maximum atomic E-state index is 14.7. The van der Waals surface area contributed by atoms with Gasteiger partial charge < -0.3 is 115 Å². The molecule has 21 N–H and O–H groups in total. The Labute approximate surface area is 666 Å². The Morgan fingerprint density at radius 1 is 0.611 bits per heavy atom. The number of likely N-dealkylation sites (tertiary alicyclic amines) is 2. The van der Waals surface area contributed by atoms with Crippen molar-refractivity contribution in [2.45, 2.75) is 221 Å². The molecule has 16 amide bonds. The van der Waals surface area contributed by atoms with Crippen molar-refractivity contribution in [3.05, 3.63) is 29.8 Å². The molecular weight excluding hydrogens is 1570 g/mol. The van der Waals surface area contributed by atoms with Crippen molar-refractivity contribution >= 4 is 146 Å². The van der Waals surface area contributed by atoms with Crippen molar-refractivity contribution in [2.24, 2.45) is 17.6 Å². The summed E-state index contributed by atoms with van der Waals surface area (Å²) in [5.41, 5.74) is 5.68. The molecule has 4 fully saturated rings. The van der Waals surface area contributed by atoms with E-state index in [4.69, 9.17) is 15.4 Å². The quantitative estimate of drug-likeness (QED) is 0.0126. The van der Waals surface area contributed by atoms with E-state index in [9.17, 15) is 111 Å². The maximum absolute atomic E-state index is 14.7. The summed E-state index contributed by atoms with van der Waals surface area (Å²) in [7, 11) is -5.47. The molecule has 5 rings (SSSR count). The van der Waals surface area contributed by atoms with Crippen molar-refractivity contribution in [1.82, 2.24) is 78.9 Å². The number of fused-ring (bicyclic) bond motifs is 1. The van der Waals surface area contributed by atoms with Crippen LogP contribution in [0.5, 0.6) is 5.75 Å². The number of hydrogen-bond donors (Lipinski definition) is 22. The molecule has 0 aliphatic carbocycles. The number of hydrogen-bond acceptors (Lipinski definition) is 24. The largest absolute Gasteiger partial charge is 0.508 e. The second-order valence-electron chi connectivity index (χ2n) is 28.3. The van der Waals surface area contributed by atoms with E-state index in [1.54, 1.807) is 32.5 Å². The number of phosphoric ester groups is 1. The number of aliphatic hydroxyl groups excluding tert-OH is 1. The van der Waals surface area contributed by atoms with E-state index in [1.165, 1.54) is 38.1 Å². The number of carbonyl (C=O) groups excluding carboxylic acids is 15. The first-order chi connectivity index (χ1) is 53.2. The number of nitrogens with two attached hydrogens (primary N) is 1. The van der Waals surface area contributed by atoms with Crippen molar-refractivity contribution < 1.29 is 121 Å². The first-order valence-electron chi connectivity index (χ1n) is 36.9. The van der Waals surface area contributed by atoms with Crippen molar-refractivity contribution in [3.8, 4) is 5.75 Å². The van der Waals surface area contributed by atoms with E-state index in [0.29, 0.717) is 18.4 Å². The highest BCUT2D eigenvalue weighted by molar-refractivity contribution is 8.00. The number of carboxylic acid groups (broad SMARTS) is 2. The van der Waals surface area contributed by atoms with E-state index in [1.807, 2.05) is 0 Å². The normalized spacial score (nSPS) is 20.0. The molecule has 16 atom stereocenters. The van der Waals surface area contributed by atoms with Crippen LogP contribution >= 0.6 is 44.8 Å². The smallest absolute Gasteiger partial charge is 0.469 e. The first kappa shape index (κ1) is 94.5. The van der Waals surface area contributed by atoms with E-state index in [-0.39, 0.29) is 105 Å². The molecule has 0 unspecified atom stereocenters. The summed E-state index contributed by atoms with van der Waals surface area (Å²) in [4.78, 5) is 249. The minimum Gasteiger partial charge on any atom is -0.508 e. The zero-order chi connectivity index (χ0) is 84.1. The lowest BCUT2D eigenvalue weighted by Gasteiger charge is -2.32. The van der Waals surface area contributed by atoms with Crippen LogP contribution in [0, 0.1) is 11.8 Å². The van der Waals surface area contributed by atoms with Gasteiger partial charge in [0.15, 0.2) is 0 Å². The van der Waals surface area contributed by atoms with Crippen LogP contribution in [0.2, 0.25) is 0 Å². The number of phenolic OH excluding ortho intramolecular Hbond substituents is 1. The van der Waals surface area contributed by atoms with Crippen LogP contribution in [0.25, 0.3) is 0 Å². The van der Waals surface area contributed by atoms with Gasteiger partial charge in [0.1, 0.15) is 72.2 Å². The second kappa shape index (κ2) is 45.7. The van der Waals surface area contributed by atoms with Crippen LogP contribution in [-0.2, 0) is 92.2 Å². The summed E-state index contributed by atoms with van der Waals surface area (Å²) in [6.07, 6.45) is -1.86. The van der Waals surface area contributed by atoms with Gasteiger partial charge in [-0.05, 0) is 94.2 Å². The number of thiol groups is 2. The fourth-order valence-corrected chi connectivity index (χ4v) is 15.2. The molecule has 41 nitrogen and oxygen atoms in total. The number of amides is 16. The fourth-order valence-electron chi connectivity index (χ4n) is 12.8. The lowest BCUT2D eigenvalue weighted by atomic mass is 9.96. The number of thioether (sulfide) groups is 1. The third-order valence-corrected chi connectivity index (χ3v) is 21.8. The number of nitrogens with zero attached hydrogens (tertiary/aromatic N) is 2. The van der Waals surface area contributed by atoms with Gasteiger partial charge in [-0.3, -0.25) is 81.2 Å². The fraction of sp³-hybridized carbons (Fsp3) is 0.662. The van der Waals surface area contributed by atoms with E-state index in [0.717, 1.165) is 22.0 Å². The van der Waals surface area contributed by atoms with Gasteiger partial charge in [0, 0.05) is 61.3 Å². The maximum Gasteiger partial charge on any atom is 0.469 e. The van der Waals surface area contributed by atoms with Gasteiger partial charge in [0.2, 0.25) is 82.7 Å². The third-order valence-electron chi connectivity index (χ3n) is 19.1. The van der Waals surface area contributed by atoms with E-state index >= 15 is 0 Å². The molecular formula is C68H105N16O25PS3. The van der Waals surface area contributed by atoms with Crippen LogP contribution in [0.1, 0.15) is 130 Å². The van der Waals surface area contributed by atoms with E-state index < -0.39 is 232 Å². The molecule has 1 aromatic rings. The minimum atomic E-state index is -5.47. The molecule has 4 saturated heterocycles. The van der Waals surface area contributed by atoms with Gasteiger partial charge in [-0.25, -0.2) is 9.36 Å². The van der Waals surface area contributed by atoms with Gasteiger partial charge in [-0.1, -0.05) is 52.7 Å². The molecule has 0 spiro atoms. The third kappa shape index (κ3) is 30.7. The van der Waals surface area contributed by atoms with Gasteiger partial charge in [-0.15, -0.1) is 0 Å². The van der Waals surface area contributed by atoms with Crippen LogP contribution in [-0.4, -0.2) is 281 Å². The topological polar surface area (TPSA) is 627 Å².